The van der Waals surface area contributed by atoms with E-state index in [1.54, 1.807) is 18.2 Å². The maximum atomic E-state index is 13.8. The van der Waals surface area contributed by atoms with Gasteiger partial charge in [0.05, 0.1) is 0 Å². The van der Waals surface area contributed by atoms with Crippen LogP contribution in [0.25, 0.3) is 10.8 Å². The van der Waals surface area contributed by atoms with E-state index in [4.69, 9.17) is 0 Å². The monoisotopic (exact) mass is 246 g/mol. The number of rotatable bonds is 1. The molecule has 18 heavy (non-hydrogen) atoms. The third-order valence-corrected chi connectivity index (χ3v) is 3.27. The molecule has 0 aliphatic heterocycles. The molecule has 1 N–H and O–H groups in total. The van der Waals surface area contributed by atoms with Crippen molar-refractivity contribution in [1.29, 1.82) is 0 Å². The molecule has 2 aromatic carbocycles. The quantitative estimate of drug-likeness (QED) is 0.759. The van der Waals surface area contributed by atoms with Gasteiger partial charge >= 0.3 is 0 Å². The molecule has 1 fully saturated rings. The first kappa shape index (κ1) is 12.9. The second kappa shape index (κ2) is 4.97. The number of hydrogen-bond acceptors (Lipinski definition) is 1. The van der Waals surface area contributed by atoms with Gasteiger partial charge in [-0.05, 0) is 65.8 Å². The Morgan fingerprint density at radius 1 is 1.17 bits per heavy atom. The molecule has 2 aromatic rings. The van der Waals surface area contributed by atoms with Crippen LogP contribution in [0, 0.1) is 12.7 Å². The van der Waals surface area contributed by atoms with E-state index in [-0.39, 0.29) is 11.6 Å². The number of benzene rings is 2. The first-order valence-corrected chi connectivity index (χ1v) is 6.58. The molecular formula is C16H19FO. The lowest BCUT2D eigenvalue weighted by Gasteiger charge is -2.10. The Bertz CT molecular complexity index is 571. The molecule has 1 saturated carbocycles. The zero-order valence-electron chi connectivity index (χ0n) is 11.1. The highest BCUT2D eigenvalue weighted by atomic mass is 19.1. The number of halogens is 1. The van der Waals surface area contributed by atoms with Crippen molar-refractivity contribution < 1.29 is 9.50 Å². The smallest absolute Gasteiger partial charge is 0.127 e. The number of fused-ring (bicyclic) bond motifs is 1. The second-order valence-electron chi connectivity index (χ2n) is 4.60. The summed E-state index contributed by atoms with van der Waals surface area (Å²) in [5, 5.41) is 11.4. The minimum absolute atomic E-state index is 0.108. The fourth-order valence-electron chi connectivity index (χ4n) is 2.44. The van der Waals surface area contributed by atoms with Gasteiger partial charge in [-0.25, -0.2) is 4.39 Å². The highest BCUT2D eigenvalue weighted by Gasteiger charge is 2.28. The summed E-state index contributed by atoms with van der Waals surface area (Å²) in [6.45, 7) is 5.92. The summed E-state index contributed by atoms with van der Waals surface area (Å²) < 4.78 is 13.8. The van der Waals surface area contributed by atoms with Gasteiger partial charge in [-0.2, -0.15) is 0 Å². The van der Waals surface area contributed by atoms with Crippen LogP contribution >= 0.6 is 0 Å². The molecule has 1 aliphatic carbocycles. The normalized spacial score (nSPS) is 14.2. The summed E-state index contributed by atoms with van der Waals surface area (Å²) in [6, 6.07) is 6.65. The van der Waals surface area contributed by atoms with E-state index in [1.807, 2.05) is 20.8 Å². The molecule has 1 aliphatic rings. The first-order chi connectivity index (χ1) is 8.66. The third-order valence-electron chi connectivity index (χ3n) is 3.27. The van der Waals surface area contributed by atoms with Crippen LogP contribution in [0.1, 0.15) is 43.7 Å². The standard InChI is InChI=1S/C14H13FO.C2H6/c1-8-6-11(16)7-10-4-5-12(15)14(13(8)10)9-2-3-9;1-2/h4-7,9,16H,2-3H2,1H3;1-2H3. The largest absolute Gasteiger partial charge is 0.508 e. The van der Waals surface area contributed by atoms with Crippen LogP contribution in [-0.2, 0) is 0 Å². The van der Waals surface area contributed by atoms with E-state index in [2.05, 4.69) is 0 Å². The van der Waals surface area contributed by atoms with Crippen molar-refractivity contribution in [1.82, 2.24) is 0 Å². The molecule has 0 bridgehead atoms. The average Bonchev–Trinajstić information content (AvgIpc) is 3.16. The fourth-order valence-corrected chi connectivity index (χ4v) is 2.44. The van der Waals surface area contributed by atoms with Gasteiger partial charge < -0.3 is 5.11 Å². The Labute approximate surface area is 107 Å². The van der Waals surface area contributed by atoms with Crippen molar-refractivity contribution in [3.8, 4) is 5.75 Å². The van der Waals surface area contributed by atoms with Gasteiger partial charge in [-0.3, -0.25) is 0 Å². The lowest BCUT2D eigenvalue weighted by atomic mass is 9.96. The lowest BCUT2D eigenvalue weighted by molar-refractivity contribution is 0.475. The Morgan fingerprint density at radius 3 is 2.44 bits per heavy atom. The van der Waals surface area contributed by atoms with E-state index in [1.165, 1.54) is 6.07 Å². The van der Waals surface area contributed by atoms with Gasteiger partial charge in [0.15, 0.2) is 0 Å². The van der Waals surface area contributed by atoms with Crippen LogP contribution in [0.4, 0.5) is 4.39 Å². The SMILES string of the molecule is CC.Cc1cc(O)cc2ccc(F)c(C3CC3)c12. The van der Waals surface area contributed by atoms with Crippen LogP contribution < -0.4 is 0 Å². The number of aryl methyl sites for hydroxylation is 1. The highest BCUT2D eigenvalue weighted by molar-refractivity contribution is 5.90. The second-order valence-corrected chi connectivity index (χ2v) is 4.60. The summed E-state index contributed by atoms with van der Waals surface area (Å²) in [7, 11) is 0. The Hall–Kier alpha value is -1.57. The van der Waals surface area contributed by atoms with Crippen LogP contribution in [0.3, 0.4) is 0 Å². The molecule has 2 heteroatoms. The molecular weight excluding hydrogens is 227 g/mol. The predicted molar refractivity (Wildman–Crippen MR) is 73.6 cm³/mol. The summed E-state index contributed by atoms with van der Waals surface area (Å²) in [6.07, 6.45) is 2.16. The molecule has 96 valence electrons. The number of phenolic OH excluding ortho intramolecular Hbond substituents is 1. The van der Waals surface area contributed by atoms with E-state index < -0.39 is 0 Å². The van der Waals surface area contributed by atoms with Crippen molar-refractivity contribution in [2.45, 2.75) is 39.5 Å². The number of aromatic hydroxyl groups is 1. The first-order valence-electron chi connectivity index (χ1n) is 6.58. The minimum atomic E-state index is -0.108. The average molecular weight is 246 g/mol. The fraction of sp³-hybridized carbons (Fsp3) is 0.375. The van der Waals surface area contributed by atoms with Crippen molar-refractivity contribution in [2.24, 2.45) is 0 Å². The number of phenols is 1. The van der Waals surface area contributed by atoms with E-state index in [0.29, 0.717) is 5.92 Å². The molecule has 0 atom stereocenters. The van der Waals surface area contributed by atoms with Gasteiger partial charge in [-0.1, -0.05) is 19.9 Å². The molecule has 0 heterocycles. The summed E-state index contributed by atoms with van der Waals surface area (Å²) >= 11 is 0. The molecule has 0 amide bonds. The predicted octanol–water partition coefficient (Wildman–Crippen LogP) is 4.90. The van der Waals surface area contributed by atoms with Crippen LogP contribution in [-0.4, -0.2) is 5.11 Å². The molecule has 0 radical (unpaired) electrons. The van der Waals surface area contributed by atoms with Crippen LogP contribution in [0.2, 0.25) is 0 Å². The van der Waals surface area contributed by atoms with E-state index >= 15 is 0 Å². The summed E-state index contributed by atoms with van der Waals surface area (Å²) in [4.78, 5) is 0. The highest BCUT2D eigenvalue weighted by Crippen LogP contribution is 2.45. The maximum absolute atomic E-state index is 13.8. The molecule has 1 nitrogen and oxygen atoms in total. The minimum Gasteiger partial charge on any atom is -0.508 e. The molecule has 0 aromatic heterocycles. The topological polar surface area (TPSA) is 20.2 Å². The van der Waals surface area contributed by atoms with Gasteiger partial charge in [0, 0.05) is 0 Å². The van der Waals surface area contributed by atoms with E-state index in [9.17, 15) is 9.50 Å². The number of hydrogen-bond donors (Lipinski definition) is 1. The maximum Gasteiger partial charge on any atom is 0.127 e. The Morgan fingerprint density at radius 2 is 1.83 bits per heavy atom. The van der Waals surface area contributed by atoms with Gasteiger partial charge in [-0.15, -0.1) is 0 Å². The summed E-state index contributed by atoms with van der Waals surface area (Å²) in [5.41, 5.74) is 1.80. The molecule has 0 saturated heterocycles. The van der Waals surface area contributed by atoms with Crippen LogP contribution in [0.5, 0.6) is 5.75 Å². The summed E-state index contributed by atoms with van der Waals surface area (Å²) in [5.74, 6) is 0.522. The van der Waals surface area contributed by atoms with Crippen molar-refractivity contribution >= 4 is 10.8 Å². The molecule has 0 unspecified atom stereocenters. The lowest BCUT2D eigenvalue weighted by Crippen LogP contribution is -1.92. The zero-order chi connectivity index (χ0) is 13.3. The third kappa shape index (κ3) is 2.20. The Balaban J connectivity index is 0.000000574. The van der Waals surface area contributed by atoms with Crippen molar-refractivity contribution in [2.75, 3.05) is 0 Å². The molecule has 0 spiro atoms. The van der Waals surface area contributed by atoms with Crippen molar-refractivity contribution in [3.05, 3.63) is 41.2 Å². The molecule has 3 rings (SSSR count). The van der Waals surface area contributed by atoms with Gasteiger partial charge in [0.2, 0.25) is 0 Å². The van der Waals surface area contributed by atoms with Crippen molar-refractivity contribution in [3.63, 3.8) is 0 Å². The zero-order valence-corrected chi connectivity index (χ0v) is 11.1. The van der Waals surface area contributed by atoms with Gasteiger partial charge in [0.25, 0.3) is 0 Å². The van der Waals surface area contributed by atoms with E-state index in [0.717, 1.165) is 34.7 Å². The van der Waals surface area contributed by atoms with Crippen LogP contribution in [0.15, 0.2) is 24.3 Å². The van der Waals surface area contributed by atoms with Gasteiger partial charge in [0.1, 0.15) is 11.6 Å². The Kier molecular flexibility index (Phi) is 3.55.